The first-order chi connectivity index (χ1) is 16.3. The quantitative estimate of drug-likeness (QED) is 0.350. The summed E-state index contributed by atoms with van der Waals surface area (Å²) in [5.41, 5.74) is 3.00. The van der Waals surface area contributed by atoms with E-state index in [-0.39, 0.29) is 11.3 Å². The Bertz CT molecular complexity index is 1140. The monoisotopic (exact) mass is 502 g/mol. The number of Topliss-reactive ketones (excluding diaryl/α,β-unsaturated/α-hetero) is 1. The fraction of sp³-hybridized carbons (Fsp3) is 0.385. The summed E-state index contributed by atoms with van der Waals surface area (Å²) in [5, 5.41) is 12.0. The highest BCUT2D eigenvalue weighted by molar-refractivity contribution is 6.47. The molecule has 1 amide bonds. The van der Waals surface area contributed by atoms with Crippen LogP contribution in [0.3, 0.4) is 0 Å². The van der Waals surface area contributed by atoms with Gasteiger partial charge in [-0.3, -0.25) is 14.5 Å². The Morgan fingerprint density at radius 1 is 1.03 bits per heavy atom. The molecule has 4 rings (SSSR count). The topological polar surface area (TPSA) is 70.1 Å². The number of amides is 1. The van der Waals surface area contributed by atoms with Crippen LogP contribution in [0.4, 0.5) is 0 Å². The average molecular weight is 503 g/mol. The van der Waals surface area contributed by atoms with Crippen molar-refractivity contribution in [3.05, 3.63) is 74.3 Å². The third-order valence-corrected chi connectivity index (χ3v) is 7.16. The van der Waals surface area contributed by atoms with E-state index in [9.17, 15) is 14.7 Å². The maximum absolute atomic E-state index is 13.2. The molecule has 6 nitrogen and oxygen atoms in total. The van der Waals surface area contributed by atoms with E-state index >= 15 is 0 Å². The number of aliphatic hydroxyl groups is 1. The second kappa shape index (κ2) is 10.5. The van der Waals surface area contributed by atoms with E-state index in [1.54, 1.807) is 23.1 Å². The molecule has 0 spiro atoms. The van der Waals surface area contributed by atoms with Gasteiger partial charge in [0, 0.05) is 31.7 Å². The van der Waals surface area contributed by atoms with Crippen molar-refractivity contribution in [2.45, 2.75) is 26.3 Å². The summed E-state index contributed by atoms with van der Waals surface area (Å²) in [6.45, 7) is 8.03. The van der Waals surface area contributed by atoms with Crippen molar-refractivity contribution in [1.82, 2.24) is 9.80 Å². The highest BCUT2D eigenvalue weighted by atomic mass is 35.5. The number of rotatable bonds is 6. The van der Waals surface area contributed by atoms with E-state index in [1.807, 2.05) is 32.0 Å². The average Bonchev–Trinajstić information content (AvgIpc) is 3.07. The number of likely N-dealkylation sites (tertiary alicyclic amines) is 1. The number of hydrogen-bond donors (Lipinski definition) is 1. The molecule has 180 valence electrons. The Labute approximate surface area is 209 Å². The smallest absolute Gasteiger partial charge is 0.295 e. The molecule has 2 aromatic carbocycles. The zero-order valence-corrected chi connectivity index (χ0v) is 20.8. The van der Waals surface area contributed by atoms with Gasteiger partial charge in [-0.2, -0.15) is 0 Å². The molecule has 2 fully saturated rings. The lowest BCUT2D eigenvalue weighted by molar-refractivity contribution is -0.140. The van der Waals surface area contributed by atoms with E-state index in [0.29, 0.717) is 47.4 Å². The van der Waals surface area contributed by atoms with Crippen LogP contribution in [-0.2, 0) is 14.3 Å². The van der Waals surface area contributed by atoms with Crippen LogP contribution >= 0.6 is 23.2 Å². The Kier molecular flexibility index (Phi) is 7.63. The zero-order chi connectivity index (χ0) is 24.4. The van der Waals surface area contributed by atoms with Crippen molar-refractivity contribution in [3.8, 4) is 0 Å². The van der Waals surface area contributed by atoms with Crippen molar-refractivity contribution in [3.63, 3.8) is 0 Å². The second-order valence-electron chi connectivity index (χ2n) is 8.79. The van der Waals surface area contributed by atoms with Gasteiger partial charge in [0.25, 0.3) is 11.7 Å². The fourth-order valence-electron chi connectivity index (χ4n) is 4.57. The van der Waals surface area contributed by atoms with Gasteiger partial charge >= 0.3 is 0 Å². The molecular formula is C26H28Cl2N2O4. The lowest BCUT2D eigenvalue weighted by Gasteiger charge is -2.29. The van der Waals surface area contributed by atoms with Crippen molar-refractivity contribution in [2.75, 3.05) is 39.4 Å². The minimum Gasteiger partial charge on any atom is -0.507 e. The van der Waals surface area contributed by atoms with E-state index < -0.39 is 17.7 Å². The van der Waals surface area contributed by atoms with Gasteiger partial charge in [-0.1, -0.05) is 47.0 Å². The van der Waals surface area contributed by atoms with E-state index in [2.05, 4.69) is 4.90 Å². The third kappa shape index (κ3) is 5.01. The third-order valence-electron chi connectivity index (χ3n) is 6.42. The Balaban J connectivity index is 1.73. The molecule has 0 bridgehead atoms. The predicted molar refractivity (Wildman–Crippen MR) is 133 cm³/mol. The Morgan fingerprint density at radius 3 is 2.47 bits per heavy atom. The van der Waals surface area contributed by atoms with Crippen LogP contribution in [0.5, 0.6) is 0 Å². The summed E-state index contributed by atoms with van der Waals surface area (Å²) in [4.78, 5) is 30.2. The standard InChI is InChI=1S/C26H28Cl2N2O4/c1-16-4-5-17(2)19(14-16)24(31)22-23(18-6-7-20(27)21(28)15-18)30(26(33)25(22)32)9-3-8-29-10-12-34-13-11-29/h4-7,14-15,23,31H,3,8-13H2,1-2H3. The fourth-order valence-corrected chi connectivity index (χ4v) is 4.87. The summed E-state index contributed by atoms with van der Waals surface area (Å²) in [7, 11) is 0. The van der Waals surface area contributed by atoms with Crippen LogP contribution in [0.1, 0.15) is 34.7 Å². The van der Waals surface area contributed by atoms with Gasteiger partial charge < -0.3 is 14.7 Å². The lowest BCUT2D eigenvalue weighted by Crippen LogP contribution is -2.38. The number of benzene rings is 2. The molecule has 0 aromatic heterocycles. The molecule has 0 radical (unpaired) electrons. The normalized spacial score (nSPS) is 20.8. The summed E-state index contributed by atoms with van der Waals surface area (Å²) >= 11 is 12.4. The first-order valence-electron chi connectivity index (χ1n) is 11.4. The van der Waals surface area contributed by atoms with Crippen LogP contribution < -0.4 is 0 Å². The summed E-state index contributed by atoms with van der Waals surface area (Å²) in [6.07, 6.45) is 0.689. The van der Waals surface area contributed by atoms with Crippen LogP contribution in [0, 0.1) is 13.8 Å². The molecule has 0 aliphatic carbocycles. The molecule has 2 saturated heterocycles. The van der Waals surface area contributed by atoms with Gasteiger partial charge in [0.05, 0.1) is 34.9 Å². The molecule has 1 N–H and O–H groups in total. The maximum atomic E-state index is 13.2. The predicted octanol–water partition coefficient (Wildman–Crippen LogP) is 4.75. The molecule has 34 heavy (non-hydrogen) atoms. The summed E-state index contributed by atoms with van der Waals surface area (Å²) < 4.78 is 5.40. The lowest BCUT2D eigenvalue weighted by atomic mass is 9.93. The molecule has 2 heterocycles. The Hall–Kier alpha value is -2.38. The molecule has 2 aliphatic rings. The first kappa shape index (κ1) is 24.7. The van der Waals surface area contributed by atoms with Gasteiger partial charge in [0.2, 0.25) is 0 Å². The molecule has 2 aliphatic heterocycles. The van der Waals surface area contributed by atoms with Crippen molar-refractivity contribution in [2.24, 2.45) is 0 Å². The first-order valence-corrected chi connectivity index (χ1v) is 12.1. The van der Waals surface area contributed by atoms with E-state index in [0.717, 1.165) is 30.8 Å². The number of carbonyl (C=O) groups is 2. The number of ketones is 1. The van der Waals surface area contributed by atoms with Gasteiger partial charge in [0.1, 0.15) is 5.76 Å². The number of ether oxygens (including phenoxy) is 1. The summed E-state index contributed by atoms with van der Waals surface area (Å²) in [6, 6.07) is 9.94. The summed E-state index contributed by atoms with van der Waals surface area (Å²) in [5.74, 6) is -1.49. The van der Waals surface area contributed by atoms with Crippen LogP contribution in [0.2, 0.25) is 10.0 Å². The van der Waals surface area contributed by atoms with Crippen LogP contribution in [-0.4, -0.2) is 66.0 Å². The van der Waals surface area contributed by atoms with E-state index in [4.69, 9.17) is 27.9 Å². The molecule has 0 saturated carbocycles. The SMILES string of the molecule is Cc1ccc(C)c(C(O)=C2C(=O)C(=O)N(CCCN3CCOCC3)C2c2ccc(Cl)c(Cl)c2)c1. The van der Waals surface area contributed by atoms with Gasteiger partial charge in [-0.25, -0.2) is 0 Å². The minimum absolute atomic E-state index is 0.0726. The van der Waals surface area contributed by atoms with E-state index in [1.165, 1.54) is 0 Å². The Morgan fingerprint density at radius 2 is 1.76 bits per heavy atom. The number of nitrogens with zero attached hydrogens (tertiary/aromatic N) is 2. The molecule has 1 atom stereocenters. The zero-order valence-electron chi connectivity index (χ0n) is 19.3. The van der Waals surface area contributed by atoms with Crippen molar-refractivity contribution < 1.29 is 19.4 Å². The highest BCUT2D eigenvalue weighted by Crippen LogP contribution is 2.41. The molecule has 1 unspecified atom stereocenters. The molecular weight excluding hydrogens is 475 g/mol. The number of halogens is 2. The van der Waals surface area contributed by atoms with Gasteiger partial charge in [0.15, 0.2) is 0 Å². The van der Waals surface area contributed by atoms with Crippen LogP contribution in [0.15, 0.2) is 42.0 Å². The van der Waals surface area contributed by atoms with Crippen molar-refractivity contribution >= 4 is 40.7 Å². The number of aryl methyl sites for hydroxylation is 2. The second-order valence-corrected chi connectivity index (χ2v) is 9.61. The van der Waals surface area contributed by atoms with Crippen LogP contribution in [0.25, 0.3) is 5.76 Å². The number of morpholine rings is 1. The molecule has 2 aromatic rings. The highest BCUT2D eigenvalue weighted by Gasteiger charge is 2.46. The number of hydrogen-bond acceptors (Lipinski definition) is 5. The largest absolute Gasteiger partial charge is 0.507 e. The minimum atomic E-state index is -0.751. The number of aliphatic hydroxyl groups excluding tert-OH is 1. The molecule has 8 heteroatoms. The van der Waals surface area contributed by atoms with Crippen molar-refractivity contribution in [1.29, 1.82) is 0 Å². The van der Waals surface area contributed by atoms with Gasteiger partial charge in [-0.05, 0) is 49.6 Å². The number of carbonyl (C=O) groups excluding carboxylic acids is 2. The van der Waals surface area contributed by atoms with Gasteiger partial charge in [-0.15, -0.1) is 0 Å². The maximum Gasteiger partial charge on any atom is 0.295 e.